The minimum Gasteiger partial charge on any atom is -0.492 e. The summed E-state index contributed by atoms with van der Waals surface area (Å²) in [4.78, 5) is 0. The first-order valence-corrected chi connectivity index (χ1v) is 4.89. The summed E-state index contributed by atoms with van der Waals surface area (Å²) in [5.74, 6) is 0.351. The van der Waals surface area contributed by atoms with Gasteiger partial charge in [0.15, 0.2) is 0 Å². The van der Waals surface area contributed by atoms with E-state index in [4.69, 9.17) is 15.6 Å². The lowest BCUT2D eigenvalue weighted by molar-refractivity contribution is 0.233. The molecule has 0 spiro atoms. The van der Waals surface area contributed by atoms with E-state index in [-0.39, 0.29) is 18.5 Å². The van der Waals surface area contributed by atoms with Crippen molar-refractivity contribution in [1.29, 1.82) is 0 Å². The van der Waals surface area contributed by atoms with Crippen LogP contribution in [0.25, 0.3) is 0 Å². The fourth-order valence-corrected chi connectivity index (χ4v) is 1.16. The van der Waals surface area contributed by atoms with Gasteiger partial charge in [-0.25, -0.2) is 4.39 Å². The average Bonchev–Trinajstić information content (AvgIpc) is 2.20. The maximum absolute atomic E-state index is 12.9. The third-order valence-corrected chi connectivity index (χ3v) is 2.09. The molecule has 0 radical (unpaired) electrons. The molecule has 84 valence electrons. The molecule has 1 rings (SSSR count). The molecule has 3 N–H and O–H groups in total. The number of rotatable bonds is 5. The van der Waals surface area contributed by atoms with Crippen LogP contribution in [-0.2, 0) is 0 Å². The Labute approximate surface area is 88.7 Å². The Morgan fingerprint density at radius 2 is 2.27 bits per heavy atom. The van der Waals surface area contributed by atoms with Crippen LogP contribution in [0.2, 0.25) is 0 Å². The molecule has 4 heteroatoms. The topological polar surface area (TPSA) is 55.5 Å². The predicted molar refractivity (Wildman–Crippen MR) is 56.3 cm³/mol. The van der Waals surface area contributed by atoms with E-state index in [1.54, 1.807) is 19.1 Å². The zero-order valence-electron chi connectivity index (χ0n) is 8.74. The van der Waals surface area contributed by atoms with Crippen molar-refractivity contribution in [2.24, 2.45) is 5.73 Å². The van der Waals surface area contributed by atoms with Gasteiger partial charge in [-0.3, -0.25) is 0 Å². The van der Waals surface area contributed by atoms with Crippen LogP contribution in [0.4, 0.5) is 4.39 Å². The number of aryl methyl sites for hydroxylation is 1. The van der Waals surface area contributed by atoms with Gasteiger partial charge in [-0.05, 0) is 37.1 Å². The SMILES string of the molecule is Cc1cc(OCC(N)CCO)ccc1F. The van der Waals surface area contributed by atoms with Crippen LogP contribution in [0.5, 0.6) is 5.75 Å². The van der Waals surface area contributed by atoms with Gasteiger partial charge >= 0.3 is 0 Å². The van der Waals surface area contributed by atoms with E-state index >= 15 is 0 Å². The van der Waals surface area contributed by atoms with E-state index < -0.39 is 0 Å². The van der Waals surface area contributed by atoms with Crippen LogP contribution >= 0.6 is 0 Å². The molecular weight excluding hydrogens is 197 g/mol. The Kier molecular flexibility index (Phi) is 4.52. The molecule has 0 aliphatic heterocycles. The fraction of sp³-hybridized carbons (Fsp3) is 0.455. The first-order chi connectivity index (χ1) is 7.13. The number of ether oxygens (including phenoxy) is 1. The summed E-state index contributed by atoms with van der Waals surface area (Å²) < 4.78 is 18.3. The van der Waals surface area contributed by atoms with Gasteiger partial charge in [0, 0.05) is 12.6 Å². The number of nitrogens with two attached hydrogens (primary N) is 1. The second-order valence-electron chi connectivity index (χ2n) is 3.49. The summed E-state index contributed by atoms with van der Waals surface area (Å²) in [6.45, 7) is 2.05. The minimum absolute atomic E-state index is 0.0486. The molecule has 0 amide bonds. The van der Waals surface area contributed by atoms with Crippen molar-refractivity contribution >= 4 is 0 Å². The molecule has 15 heavy (non-hydrogen) atoms. The van der Waals surface area contributed by atoms with Gasteiger partial charge in [0.05, 0.1) is 0 Å². The average molecular weight is 213 g/mol. The molecule has 0 aliphatic rings. The van der Waals surface area contributed by atoms with Gasteiger partial charge in [-0.1, -0.05) is 0 Å². The smallest absolute Gasteiger partial charge is 0.126 e. The van der Waals surface area contributed by atoms with E-state index in [9.17, 15) is 4.39 Å². The maximum Gasteiger partial charge on any atom is 0.126 e. The number of hydrogen-bond acceptors (Lipinski definition) is 3. The molecule has 0 aromatic heterocycles. The van der Waals surface area contributed by atoms with Crippen molar-refractivity contribution in [3.63, 3.8) is 0 Å². The molecule has 1 atom stereocenters. The fourth-order valence-electron chi connectivity index (χ4n) is 1.16. The molecule has 1 aromatic carbocycles. The Balaban J connectivity index is 2.47. The molecule has 1 aromatic rings. The lowest BCUT2D eigenvalue weighted by Crippen LogP contribution is -2.28. The van der Waals surface area contributed by atoms with Crippen molar-refractivity contribution in [3.8, 4) is 5.75 Å². The largest absolute Gasteiger partial charge is 0.492 e. The highest BCUT2D eigenvalue weighted by Crippen LogP contribution is 2.15. The summed E-state index contributed by atoms with van der Waals surface area (Å²) in [5.41, 5.74) is 6.19. The monoisotopic (exact) mass is 213 g/mol. The quantitative estimate of drug-likeness (QED) is 0.773. The molecule has 3 nitrogen and oxygen atoms in total. The van der Waals surface area contributed by atoms with Gasteiger partial charge in [0.1, 0.15) is 18.2 Å². The van der Waals surface area contributed by atoms with Gasteiger partial charge in [-0.15, -0.1) is 0 Å². The van der Waals surface area contributed by atoms with Crippen LogP contribution in [0.3, 0.4) is 0 Å². The van der Waals surface area contributed by atoms with Crippen molar-refractivity contribution < 1.29 is 14.2 Å². The number of aliphatic hydroxyl groups is 1. The zero-order chi connectivity index (χ0) is 11.3. The maximum atomic E-state index is 12.9. The summed E-state index contributed by atoms with van der Waals surface area (Å²) in [7, 11) is 0. The van der Waals surface area contributed by atoms with Crippen LogP contribution in [0.15, 0.2) is 18.2 Å². The lowest BCUT2D eigenvalue weighted by atomic mass is 10.2. The first-order valence-electron chi connectivity index (χ1n) is 4.89. The van der Waals surface area contributed by atoms with Gasteiger partial charge in [0.2, 0.25) is 0 Å². The van der Waals surface area contributed by atoms with E-state index in [1.165, 1.54) is 6.07 Å². The second kappa shape index (κ2) is 5.68. The minimum atomic E-state index is -0.248. The van der Waals surface area contributed by atoms with Crippen LogP contribution in [0.1, 0.15) is 12.0 Å². The van der Waals surface area contributed by atoms with E-state index in [1.807, 2.05) is 0 Å². The number of aliphatic hydroxyl groups excluding tert-OH is 1. The Hall–Kier alpha value is -1.13. The molecule has 1 unspecified atom stereocenters. The molecule has 0 bridgehead atoms. The lowest BCUT2D eigenvalue weighted by Gasteiger charge is -2.12. The van der Waals surface area contributed by atoms with Crippen LogP contribution in [-0.4, -0.2) is 24.4 Å². The Morgan fingerprint density at radius 1 is 1.53 bits per heavy atom. The predicted octanol–water partition coefficient (Wildman–Crippen LogP) is 1.22. The van der Waals surface area contributed by atoms with Crippen LogP contribution < -0.4 is 10.5 Å². The highest BCUT2D eigenvalue weighted by atomic mass is 19.1. The molecule has 0 saturated carbocycles. The summed E-state index contributed by atoms with van der Waals surface area (Å²) >= 11 is 0. The third-order valence-electron chi connectivity index (χ3n) is 2.09. The number of hydrogen-bond donors (Lipinski definition) is 2. The molecule has 0 saturated heterocycles. The normalized spacial score (nSPS) is 12.5. The van der Waals surface area contributed by atoms with Crippen molar-refractivity contribution in [2.75, 3.05) is 13.2 Å². The standard InChI is InChI=1S/C11H16FNO2/c1-8-6-10(2-3-11(8)12)15-7-9(13)4-5-14/h2-3,6,9,14H,4-5,7,13H2,1H3. The molecular formula is C11H16FNO2. The highest BCUT2D eigenvalue weighted by molar-refractivity contribution is 5.28. The first kappa shape index (κ1) is 11.9. The Bertz CT molecular complexity index is 317. The van der Waals surface area contributed by atoms with Gasteiger partial charge in [-0.2, -0.15) is 0 Å². The number of halogens is 1. The van der Waals surface area contributed by atoms with E-state index in [2.05, 4.69) is 0 Å². The van der Waals surface area contributed by atoms with Gasteiger partial charge in [0.25, 0.3) is 0 Å². The third kappa shape index (κ3) is 3.85. The van der Waals surface area contributed by atoms with Crippen LogP contribution in [0, 0.1) is 12.7 Å². The molecule has 0 fully saturated rings. The van der Waals surface area contributed by atoms with Crippen molar-refractivity contribution in [2.45, 2.75) is 19.4 Å². The molecule has 0 aliphatic carbocycles. The van der Waals surface area contributed by atoms with Gasteiger partial charge < -0.3 is 15.6 Å². The molecule has 0 heterocycles. The second-order valence-corrected chi connectivity index (χ2v) is 3.49. The summed E-state index contributed by atoms with van der Waals surface area (Å²) in [5, 5.41) is 8.63. The van der Waals surface area contributed by atoms with Crippen molar-refractivity contribution in [1.82, 2.24) is 0 Å². The Morgan fingerprint density at radius 3 is 2.87 bits per heavy atom. The number of benzene rings is 1. The summed E-state index contributed by atoms with van der Waals surface area (Å²) in [6, 6.07) is 4.36. The van der Waals surface area contributed by atoms with E-state index in [0.717, 1.165) is 0 Å². The summed E-state index contributed by atoms with van der Waals surface area (Å²) in [6.07, 6.45) is 0.500. The van der Waals surface area contributed by atoms with Crippen molar-refractivity contribution in [3.05, 3.63) is 29.6 Å². The highest BCUT2D eigenvalue weighted by Gasteiger charge is 2.04. The van der Waals surface area contributed by atoms with E-state index in [0.29, 0.717) is 24.3 Å². The zero-order valence-corrected chi connectivity index (χ0v) is 8.74.